The molecule has 0 aliphatic carbocycles. The molecule has 0 aromatic heterocycles. The van der Waals surface area contributed by atoms with Gasteiger partial charge >= 0.3 is 41.8 Å². The van der Waals surface area contributed by atoms with Gasteiger partial charge in [0.25, 0.3) is 0 Å². The highest BCUT2D eigenvalue weighted by Crippen LogP contribution is 2.19. The summed E-state index contributed by atoms with van der Waals surface area (Å²) in [5, 5.41) is 6.91. The van der Waals surface area contributed by atoms with E-state index in [-0.39, 0.29) is 120 Å². The van der Waals surface area contributed by atoms with Crippen LogP contribution in [-0.2, 0) is 71.5 Å². The van der Waals surface area contributed by atoms with Crippen LogP contribution in [0.25, 0.3) is 0 Å². The highest BCUT2D eigenvalue weighted by molar-refractivity contribution is 7.99. The third kappa shape index (κ3) is 64.7. The lowest BCUT2D eigenvalue weighted by Gasteiger charge is -2.24. The van der Waals surface area contributed by atoms with E-state index in [0.717, 1.165) is 60.7 Å². The third-order valence-electron chi connectivity index (χ3n) is 16.9. The number of nitrogens with one attached hydrogen (secondary N) is 2. The van der Waals surface area contributed by atoms with Crippen molar-refractivity contribution in [1.82, 2.24) is 25.3 Å². The van der Waals surface area contributed by atoms with Gasteiger partial charge in [0, 0.05) is 89.3 Å². The number of unbranched alkanes of at least 4 members (excludes halogenated alkanes) is 20. The summed E-state index contributed by atoms with van der Waals surface area (Å²) in [4.78, 5) is 107. The minimum atomic E-state index is -0.462. The summed E-state index contributed by atoms with van der Waals surface area (Å²) < 4.78 is 38.3. The van der Waals surface area contributed by atoms with E-state index in [0.29, 0.717) is 95.2 Å². The largest absolute Gasteiger partial charge is 0.465 e. The Morgan fingerprint density at radius 1 is 0.340 bits per heavy atom. The molecule has 0 radical (unpaired) electrons. The van der Waals surface area contributed by atoms with Gasteiger partial charge in [-0.2, -0.15) is 47.0 Å². The molecule has 4 unspecified atom stereocenters. The molecule has 0 amide bonds. The zero-order valence-electron chi connectivity index (χ0n) is 64.1. The number of nitrogens with zero attached hydrogens (tertiary/aromatic N) is 3. The summed E-state index contributed by atoms with van der Waals surface area (Å²) >= 11 is 7.27. The van der Waals surface area contributed by atoms with Gasteiger partial charge in [-0.15, -0.1) is 0 Å². The van der Waals surface area contributed by atoms with Crippen LogP contribution in [0.5, 0.6) is 0 Å². The van der Waals surface area contributed by atoms with Crippen molar-refractivity contribution in [1.29, 1.82) is 0 Å². The van der Waals surface area contributed by atoms with Crippen LogP contribution in [0, 0.1) is 23.7 Å². The standard InChI is InChI=1S/C76H143N5O15S4/c1-9-13-17-21-25-29-57-97-62-66(5)36-50-90-73(86)61-81(43-35-72(85)93-53-56-96-76(89)69(8)65-100-60-32-28-24-20-16-12-4)47-40-78-38-45-79(41-33-70(83)91-51-54-94-74(87)67(6)63-98-58-30-26-22-18-14-10-2)44-37-77-39-46-80(48-49-82)42-34-71(84)92-52-55-95-75(88)68(7)64-99-59-31-27-23-19-15-11-3/h49,66-69,77-78H,9-48,50-65H2,1-8H3. The molecule has 0 saturated carbocycles. The van der Waals surface area contributed by atoms with E-state index in [4.69, 9.17) is 33.2 Å². The number of carbonyl (C=O) groups is 8. The molecule has 2 N–H and O–H groups in total. The van der Waals surface area contributed by atoms with Crippen LogP contribution in [0.2, 0.25) is 0 Å². The first-order chi connectivity index (χ1) is 48.6. The lowest BCUT2D eigenvalue weighted by Crippen LogP contribution is -2.42. The van der Waals surface area contributed by atoms with Crippen molar-refractivity contribution in [2.45, 2.75) is 235 Å². The normalized spacial score (nSPS) is 12.7. The molecule has 100 heavy (non-hydrogen) atoms. The number of hydrogen-bond acceptors (Lipinski definition) is 24. The minimum absolute atomic E-state index is 0.00952. The van der Waals surface area contributed by atoms with Crippen LogP contribution in [0.3, 0.4) is 0 Å². The molecule has 0 bridgehead atoms. The van der Waals surface area contributed by atoms with Crippen LogP contribution in [0.4, 0.5) is 0 Å². The van der Waals surface area contributed by atoms with Crippen LogP contribution in [-0.4, -0.2) is 240 Å². The first-order valence-corrected chi connectivity index (χ1v) is 43.7. The van der Waals surface area contributed by atoms with Gasteiger partial charge in [0.1, 0.15) is 45.9 Å². The van der Waals surface area contributed by atoms with Gasteiger partial charge in [-0.3, -0.25) is 43.4 Å². The van der Waals surface area contributed by atoms with E-state index in [2.05, 4.69) is 50.2 Å². The maximum absolute atomic E-state index is 13.3. The van der Waals surface area contributed by atoms with E-state index >= 15 is 0 Å². The first kappa shape index (κ1) is 97.2. The Morgan fingerprint density at radius 2 is 0.630 bits per heavy atom. The van der Waals surface area contributed by atoms with Gasteiger partial charge in [0.2, 0.25) is 0 Å². The second-order valence-electron chi connectivity index (χ2n) is 26.7. The van der Waals surface area contributed by atoms with Gasteiger partial charge in [0.05, 0.1) is 56.7 Å². The summed E-state index contributed by atoms with van der Waals surface area (Å²) in [5.74, 6) is 4.32. The Hall–Kier alpha value is -2.84. The highest BCUT2D eigenvalue weighted by atomic mass is 32.2. The summed E-state index contributed by atoms with van der Waals surface area (Å²) in [5.41, 5.74) is 0. The molecule has 24 heteroatoms. The number of carbonyl (C=O) groups excluding carboxylic acids is 8. The average molecular weight is 1500 g/mol. The smallest absolute Gasteiger partial charge is 0.320 e. The average Bonchev–Trinajstić information content (AvgIpc) is 1.62. The summed E-state index contributed by atoms with van der Waals surface area (Å²) in [7, 11) is 0. The zero-order valence-corrected chi connectivity index (χ0v) is 67.3. The highest BCUT2D eigenvalue weighted by Gasteiger charge is 2.20. The maximum Gasteiger partial charge on any atom is 0.320 e. The second-order valence-corrected chi connectivity index (χ2v) is 31.3. The molecule has 0 aromatic carbocycles. The fourth-order valence-corrected chi connectivity index (χ4v) is 14.7. The number of esters is 7. The Labute approximate surface area is 624 Å². The maximum atomic E-state index is 13.3. The minimum Gasteiger partial charge on any atom is -0.465 e. The van der Waals surface area contributed by atoms with Crippen LogP contribution < -0.4 is 10.6 Å². The summed E-state index contributed by atoms with van der Waals surface area (Å²) in [6, 6.07) is 0. The van der Waals surface area contributed by atoms with E-state index in [9.17, 15) is 38.4 Å². The SMILES string of the molecule is CCCCCCCCSCC(C)CCOC(=O)CN(CCNCCN(CCNCCN(CC=O)CCC(=O)OCCOC(=O)C(C)CSCCCCCCCC)CCC(=O)OCCOC(=O)C(C)CSCCCCCCCC)CCC(=O)OCCOC(=O)C(C)CSCCCCCCCC. The fraction of sp³-hybridized carbons (Fsp3) is 0.895. The van der Waals surface area contributed by atoms with Crippen molar-refractivity contribution in [3.05, 3.63) is 0 Å². The van der Waals surface area contributed by atoms with Crippen LogP contribution >= 0.6 is 47.0 Å². The molecule has 0 aliphatic rings. The Kier molecular flexibility index (Phi) is 71.0. The van der Waals surface area contributed by atoms with Crippen molar-refractivity contribution in [3.8, 4) is 0 Å². The third-order valence-corrected chi connectivity index (χ3v) is 22.3. The molecule has 20 nitrogen and oxygen atoms in total. The number of ether oxygens (including phenoxy) is 7. The van der Waals surface area contributed by atoms with Crippen LogP contribution in [0.15, 0.2) is 0 Å². The molecule has 0 heterocycles. The van der Waals surface area contributed by atoms with Gasteiger partial charge in [-0.1, -0.05) is 184 Å². The zero-order chi connectivity index (χ0) is 73.6. The molecule has 0 spiro atoms. The van der Waals surface area contributed by atoms with Crippen molar-refractivity contribution < 1.29 is 71.5 Å². The van der Waals surface area contributed by atoms with Gasteiger partial charge in [-0.05, 0) is 66.8 Å². The van der Waals surface area contributed by atoms with Gasteiger partial charge in [0.15, 0.2) is 0 Å². The number of rotatable bonds is 76. The van der Waals surface area contributed by atoms with Gasteiger partial charge in [-0.25, -0.2) is 0 Å². The Balaban J connectivity index is 5.57. The second kappa shape index (κ2) is 73.1. The summed E-state index contributed by atoms with van der Waals surface area (Å²) in [6.07, 6.45) is 31.6. The molecule has 4 atom stereocenters. The summed E-state index contributed by atoms with van der Waals surface area (Å²) in [6.45, 7) is 21.9. The fourth-order valence-electron chi connectivity index (χ4n) is 10.4. The van der Waals surface area contributed by atoms with E-state index < -0.39 is 17.9 Å². The molecular weight excluding hydrogens is 1350 g/mol. The molecule has 586 valence electrons. The van der Waals surface area contributed by atoms with Gasteiger partial charge < -0.3 is 53.5 Å². The quantitative estimate of drug-likeness (QED) is 0.0249. The Morgan fingerprint density at radius 3 is 0.990 bits per heavy atom. The lowest BCUT2D eigenvalue weighted by molar-refractivity contribution is -0.154. The molecule has 0 rings (SSSR count). The van der Waals surface area contributed by atoms with Crippen molar-refractivity contribution in [3.63, 3.8) is 0 Å². The van der Waals surface area contributed by atoms with Crippen molar-refractivity contribution in [2.24, 2.45) is 23.7 Å². The molecule has 0 aliphatic heterocycles. The van der Waals surface area contributed by atoms with E-state index in [1.54, 1.807) is 35.3 Å². The first-order valence-electron chi connectivity index (χ1n) is 39.1. The number of thioether (sulfide) groups is 4. The molecular formula is C76H143N5O15S4. The number of aldehydes is 1. The monoisotopic (exact) mass is 1490 g/mol. The number of hydrogen-bond donors (Lipinski definition) is 2. The van der Waals surface area contributed by atoms with Crippen LogP contribution in [0.1, 0.15) is 235 Å². The van der Waals surface area contributed by atoms with Crippen molar-refractivity contribution in [2.75, 3.05) is 177 Å². The predicted octanol–water partition coefficient (Wildman–Crippen LogP) is 13.6. The predicted molar refractivity (Wildman–Crippen MR) is 416 cm³/mol. The van der Waals surface area contributed by atoms with E-state index in [1.807, 2.05) is 42.3 Å². The topological polar surface area (TPSA) is 235 Å². The Bertz CT molecular complexity index is 1990. The van der Waals surface area contributed by atoms with E-state index in [1.165, 1.54) is 135 Å². The van der Waals surface area contributed by atoms with Crippen molar-refractivity contribution >= 4 is 95.1 Å². The molecule has 0 aromatic rings. The molecule has 0 fully saturated rings. The molecule has 0 saturated heterocycles. The lowest BCUT2D eigenvalue weighted by atomic mass is 10.1.